The second-order valence-corrected chi connectivity index (χ2v) is 8.87. The lowest BCUT2D eigenvalue weighted by molar-refractivity contribution is -0.127. The van der Waals surface area contributed by atoms with E-state index in [-0.39, 0.29) is 11.9 Å². The molecule has 3 aromatic rings. The molecule has 0 radical (unpaired) electrons. The number of fused-ring (bicyclic) bond motifs is 4. The number of hydrogen-bond acceptors (Lipinski definition) is 5. The Morgan fingerprint density at radius 2 is 1.71 bits per heavy atom. The minimum Gasteiger partial charge on any atom is -0.439 e. The molecular weight excluding hydrogens is 406 g/mol. The number of amides is 1. The highest BCUT2D eigenvalue weighted by atomic mass is 32.2. The maximum atomic E-state index is 12.9. The average molecular weight is 426 g/mol. The van der Waals surface area contributed by atoms with Crippen molar-refractivity contribution in [1.29, 1.82) is 0 Å². The molecule has 31 heavy (non-hydrogen) atoms. The number of nitrogens with one attached hydrogen (secondary N) is 1. The van der Waals surface area contributed by atoms with Crippen LogP contribution in [0.25, 0.3) is 6.08 Å². The molecule has 0 bridgehead atoms. The van der Waals surface area contributed by atoms with E-state index in [1.807, 2.05) is 77.8 Å². The molecule has 5 nitrogen and oxygen atoms in total. The molecule has 0 aliphatic carbocycles. The van der Waals surface area contributed by atoms with Gasteiger partial charge in [-0.3, -0.25) is 10.1 Å². The van der Waals surface area contributed by atoms with Gasteiger partial charge < -0.3 is 4.74 Å². The number of ether oxygens (including phenoxy) is 1. The standard InChI is InChI=1S/C25H19N3O2S/c29-24-23(15-17-9-3-1-4-10-17)31-25(26-24)28-21(19-13-7-8-14-22(19)30-25)16-20(27-28)18-11-5-2-6-12-18/h1-15,21H,16H2,(H,26,29). The van der Waals surface area contributed by atoms with Crippen LogP contribution in [0.4, 0.5) is 0 Å². The molecule has 0 aromatic heterocycles. The van der Waals surface area contributed by atoms with Gasteiger partial charge in [0.05, 0.1) is 16.7 Å². The molecule has 1 N–H and O–H groups in total. The number of para-hydroxylation sites is 1. The highest BCUT2D eigenvalue weighted by molar-refractivity contribution is 8.05. The Bertz CT molecular complexity index is 1230. The zero-order valence-corrected chi connectivity index (χ0v) is 17.4. The molecule has 1 spiro atoms. The lowest BCUT2D eigenvalue weighted by atomic mass is 9.97. The maximum Gasteiger partial charge on any atom is 0.336 e. The van der Waals surface area contributed by atoms with E-state index >= 15 is 0 Å². The Morgan fingerprint density at radius 3 is 2.52 bits per heavy atom. The van der Waals surface area contributed by atoms with Crippen molar-refractivity contribution in [1.82, 2.24) is 10.3 Å². The molecule has 0 saturated carbocycles. The van der Waals surface area contributed by atoms with Crippen molar-refractivity contribution in [3.05, 3.63) is 107 Å². The van der Waals surface area contributed by atoms with Gasteiger partial charge in [-0.05, 0) is 35.0 Å². The SMILES string of the molecule is O=C1NC2(Oc3ccccc3C3CC(c4ccccc4)=NN32)SC1=Cc1ccccc1. The molecule has 2 unspecified atom stereocenters. The van der Waals surface area contributed by atoms with E-state index < -0.39 is 5.18 Å². The van der Waals surface area contributed by atoms with E-state index in [0.717, 1.165) is 34.6 Å². The van der Waals surface area contributed by atoms with Crippen molar-refractivity contribution >= 4 is 29.5 Å². The first kappa shape index (κ1) is 18.3. The second-order valence-electron chi connectivity index (χ2n) is 7.67. The Hall–Kier alpha value is -3.51. The summed E-state index contributed by atoms with van der Waals surface area (Å²) >= 11 is 1.37. The maximum absolute atomic E-state index is 12.9. The number of carbonyl (C=O) groups excluding carboxylic acids is 1. The van der Waals surface area contributed by atoms with Crippen molar-refractivity contribution in [2.45, 2.75) is 17.6 Å². The first-order chi connectivity index (χ1) is 15.2. The van der Waals surface area contributed by atoms with Crippen LogP contribution in [-0.2, 0) is 4.79 Å². The smallest absolute Gasteiger partial charge is 0.336 e. The summed E-state index contributed by atoms with van der Waals surface area (Å²) in [6.07, 6.45) is 2.64. The fourth-order valence-corrected chi connectivity index (χ4v) is 5.42. The molecule has 1 fully saturated rings. The van der Waals surface area contributed by atoms with E-state index in [2.05, 4.69) is 23.5 Å². The van der Waals surface area contributed by atoms with Crippen LogP contribution in [-0.4, -0.2) is 21.8 Å². The lowest BCUT2D eigenvalue weighted by Gasteiger charge is -2.43. The van der Waals surface area contributed by atoms with Gasteiger partial charge in [0.15, 0.2) is 0 Å². The van der Waals surface area contributed by atoms with Crippen LogP contribution < -0.4 is 10.1 Å². The van der Waals surface area contributed by atoms with Gasteiger partial charge in [0, 0.05) is 12.0 Å². The normalized spacial score (nSPS) is 25.1. The van der Waals surface area contributed by atoms with E-state index in [1.54, 1.807) is 0 Å². The summed E-state index contributed by atoms with van der Waals surface area (Å²) in [5.74, 6) is 0.623. The minimum atomic E-state index is -1.10. The zero-order chi connectivity index (χ0) is 20.8. The molecule has 2 atom stereocenters. The number of carbonyl (C=O) groups is 1. The predicted octanol–water partition coefficient (Wildman–Crippen LogP) is 4.75. The number of hydrazone groups is 1. The zero-order valence-electron chi connectivity index (χ0n) is 16.6. The number of thioether (sulfide) groups is 1. The topological polar surface area (TPSA) is 53.9 Å². The summed E-state index contributed by atoms with van der Waals surface area (Å²) in [6.45, 7) is 0. The third-order valence-corrected chi connectivity index (χ3v) is 6.86. The van der Waals surface area contributed by atoms with Crippen LogP contribution in [0, 0.1) is 0 Å². The molecule has 3 aromatic carbocycles. The first-order valence-corrected chi connectivity index (χ1v) is 11.0. The van der Waals surface area contributed by atoms with E-state index in [4.69, 9.17) is 9.84 Å². The molecule has 3 aliphatic heterocycles. The highest BCUT2D eigenvalue weighted by Crippen LogP contribution is 2.53. The van der Waals surface area contributed by atoms with E-state index in [9.17, 15) is 4.79 Å². The molecular formula is C25H19N3O2S. The van der Waals surface area contributed by atoms with Crippen molar-refractivity contribution in [3.8, 4) is 5.75 Å². The molecule has 6 heteroatoms. The van der Waals surface area contributed by atoms with Gasteiger partial charge in [0.2, 0.25) is 0 Å². The Morgan fingerprint density at radius 1 is 1.00 bits per heavy atom. The van der Waals surface area contributed by atoms with E-state index in [1.165, 1.54) is 11.8 Å². The summed E-state index contributed by atoms with van der Waals surface area (Å²) in [5.41, 5.74) is 4.12. The quantitative estimate of drug-likeness (QED) is 0.603. The third kappa shape index (κ3) is 3.02. The third-order valence-electron chi connectivity index (χ3n) is 5.69. The monoisotopic (exact) mass is 425 g/mol. The summed E-state index contributed by atoms with van der Waals surface area (Å²) < 4.78 is 6.43. The van der Waals surface area contributed by atoms with Gasteiger partial charge >= 0.3 is 5.18 Å². The fourth-order valence-electron chi connectivity index (χ4n) is 4.25. The number of benzene rings is 3. The molecule has 3 aliphatic rings. The fraction of sp³-hybridized carbons (Fsp3) is 0.120. The number of rotatable bonds is 2. The predicted molar refractivity (Wildman–Crippen MR) is 122 cm³/mol. The van der Waals surface area contributed by atoms with Crippen molar-refractivity contribution in [2.24, 2.45) is 5.10 Å². The van der Waals surface area contributed by atoms with Crippen LogP contribution in [0.5, 0.6) is 5.75 Å². The average Bonchev–Trinajstić information content (AvgIpc) is 3.39. The minimum absolute atomic E-state index is 0.0102. The Balaban J connectivity index is 1.43. The van der Waals surface area contributed by atoms with Gasteiger partial charge in [0.25, 0.3) is 5.91 Å². The Kier molecular flexibility index (Phi) is 4.14. The van der Waals surface area contributed by atoms with Crippen LogP contribution in [0.2, 0.25) is 0 Å². The van der Waals surface area contributed by atoms with Crippen LogP contribution in [0.1, 0.15) is 29.2 Å². The molecule has 1 amide bonds. The summed E-state index contributed by atoms with van der Waals surface area (Å²) in [4.78, 5) is 13.6. The van der Waals surface area contributed by atoms with Gasteiger partial charge in [-0.15, -0.1) is 0 Å². The van der Waals surface area contributed by atoms with Crippen molar-refractivity contribution in [2.75, 3.05) is 0 Å². The number of nitrogens with zero attached hydrogens (tertiary/aromatic N) is 2. The summed E-state index contributed by atoms with van der Waals surface area (Å²) in [5, 5.41) is 8.85. The Labute approximate surface area is 184 Å². The van der Waals surface area contributed by atoms with Gasteiger partial charge in [-0.2, -0.15) is 5.10 Å². The van der Waals surface area contributed by atoms with E-state index in [0.29, 0.717) is 4.91 Å². The van der Waals surface area contributed by atoms with Gasteiger partial charge in [-0.1, -0.05) is 78.9 Å². The second kappa shape index (κ2) is 7.03. The van der Waals surface area contributed by atoms with Crippen LogP contribution in [0.15, 0.2) is 94.9 Å². The molecule has 1 saturated heterocycles. The van der Waals surface area contributed by atoms with Crippen LogP contribution in [0.3, 0.4) is 0 Å². The van der Waals surface area contributed by atoms with Crippen LogP contribution >= 0.6 is 11.8 Å². The largest absolute Gasteiger partial charge is 0.439 e. The molecule has 152 valence electrons. The summed E-state index contributed by atoms with van der Waals surface area (Å²) in [6, 6.07) is 28.0. The van der Waals surface area contributed by atoms with Gasteiger partial charge in [0.1, 0.15) is 5.75 Å². The van der Waals surface area contributed by atoms with Crippen molar-refractivity contribution < 1.29 is 9.53 Å². The molecule has 6 rings (SSSR count). The van der Waals surface area contributed by atoms with Crippen molar-refractivity contribution in [3.63, 3.8) is 0 Å². The summed E-state index contributed by atoms with van der Waals surface area (Å²) in [7, 11) is 0. The lowest BCUT2D eigenvalue weighted by Crippen LogP contribution is -2.58. The molecule has 3 heterocycles. The van der Waals surface area contributed by atoms with Gasteiger partial charge in [-0.25, -0.2) is 5.01 Å². The first-order valence-electron chi connectivity index (χ1n) is 10.2. The number of hydrogen-bond donors (Lipinski definition) is 1. The highest BCUT2D eigenvalue weighted by Gasteiger charge is 2.57.